The molecule has 0 bridgehead atoms. The highest BCUT2D eigenvalue weighted by atomic mass is 16.5. The molecule has 0 radical (unpaired) electrons. The first-order valence-corrected chi connectivity index (χ1v) is 6.70. The van der Waals surface area contributed by atoms with Gasteiger partial charge in [-0.05, 0) is 30.7 Å². The Morgan fingerprint density at radius 2 is 2.30 bits per heavy atom. The molecule has 1 aromatic heterocycles. The van der Waals surface area contributed by atoms with Crippen molar-refractivity contribution in [3.05, 3.63) is 47.8 Å². The average Bonchev–Trinajstić information content (AvgIpc) is 2.86. The number of rotatable bonds is 4. The third kappa shape index (κ3) is 2.82. The minimum Gasteiger partial charge on any atom is -0.487 e. The van der Waals surface area contributed by atoms with Crippen LogP contribution in [0.1, 0.15) is 11.3 Å². The molecule has 5 nitrogen and oxygen atoms in total. The molecule has 1 fully saturated rings. The van der Waals surface area contributed by atoms with Gasteiger partial charge in [-0.25, -0.2) is 0 Å². The monoisotopic (exact) mass is 271 g/mol. The maximum absolute atomic E-state index is 12.0. The molecule has 2 heterocycles. The van der Waals surface area contributed by atoms with Gasteiger partial charge in [-0.1, -0.05) is 12.1 Å². The first-order valence-electron chi connectivity index (χ1n) is 6.70. The Balaban J connectivity index is 1.48. The minimum absolute atomic E-state index is 0.0996. The van der Waals surface area contributed by atoms with E-state index in [2.05, 4.69) is 10.2 Å². The summed E-state index contributed by atoms with van der Waals surface area (Å²) in [6.45, 7) is 3.34. The summed E-state index contributed by atoms with van der Waals surface area (Å²) >= 11 is 0. The number of carbonyl (C=O) groups is 1. The van der Waals surface area contributed by atoms with Crippen LogP contribution >= 0.6 is 0 Å². The van der Waals surface area contributed by atoms with Crippen LogP contribution in [0.4, 0.5) is 0 Å². The highest BCUT2D eigenvalue weighted by Gasteiger charge is 2.32. The van der Waals surface area contributed by atoms with Gasteiger partial charge in [0.2, 0.25) is 5.91 Å². The van der Waals surface area contributed by atoms with Crippen LogP contribution in [0.15, 0.2) is 36.5 Å². The number of hydrogen-bond acceptors (Lipinski definition) is 3. The third-order valence-electron chi connectivity index (χ3n) is 3.39. The molecule has 1 amide bonds. The quantitative estimate of drug-likeness (QED) is 0.918. The van der Waals surface area contributed by atoms with Gasteiger partial charge in [0.1, 0.15) is 11.9 Å². The largest absolute Gasteiger partial charge is 0.487 e. The number of amides is 1. The second-order valence-corrected chi connectivity index (χ2v) is 5.11. The maximum Gasteiger partial charge on any atom is 0.228 e. The van der Waals surface area contributed by atoms with Gasteiger partial charge in [0.15, 0.2) is 0 Å². The van der Waals surface area contributed by atoms with E-state index in [9.17, 15) is 4.79 Å². The van der Waals surface area contributed by atoms with E-state index >= 15 is 0 Å². The highest BCUT2D eigenvalue weighted by Crippen LogP contribution is 2.19. The minimum atomic E-state index is 0.0996. The number of likely N-dealkylation sites (tertiary alicyclic amines) is 1. The zero-order valence-corrected chi connectivity index (χ0v) is 11.4. The van der Waals surface area contributed by atoms with Crippen LogP contribution in [-0.4, -0.2) is 40.2 Å². The summed E-state index contributed by atoms with van der Waals surface area (Å²) in [6.07, 6.45) is 2.13. The van der Waals surface area contributed by atoms with Crippen molar-refractivity contribution in [2.24, 2.45) is 0 Å². The second-order valence-electron chi connectivity index (χ2n) is 5.11. The van der Waals surface area contributed by atoms with Crippen LogP contribution in [-0.2, 0) is 11.2 Å². The predicted octanol–water partition coefficient (Wildman–Crippen LogP) is 1.55. The Bertz CT molecular complexity index is 589. The summed E-state index contributed by atoms with van der Waals surface area (Å²) in [6, 6.07) is 9.79. The van der Waals surface area contributed by atoms with E-state index < -0.39 is 0 Å². The summed E-state index contributed by atoms with van der Waals surface area (Å²) in [7, 11) is 0. The fraction of sp³-hybridized carbons (Fsp3) is 0.333. The summed E-state index contributed by atoms with van der Waals surface area (Å²) in [4.78, 5) is 13.8. The van der Waals surface area contributed by atoms with Gasteiger partial charge >= 0.3 is 0 Å². The number of nitrogens with one attached hydrogen (secondary N) is 1. The van der Waals surface area contributed by atoms with Crippen molar-refractivity contribution in [3.8, 4) is 5.75 Å². The van der Waals surface area contributed by atoms with Crippen LogP contribution in [0.25, 0.3) is 0 Å². The Labute approximate surface area is 117 Å². The molecule has 0 saturated carbocycles. The number of benzene rings is 1. The van der Waals surface area contributed by atoms with E-state index in [-0.39, 0.29) is 12.0 Å². The van der Waals surface area contributed by atoms with Gasteiger partial charge in [-0.15, -0.1) is 0 Å². The molecule has 1 aliphatic rings. The molecule has 1 N–H and O–H groups in total. The molecule has 0 aliphatic carbocycles. The van der Waals surface area contributed by atoms with Crippen LogP contribution in [0.5, 0.6) is 5.75 Å². The third-order valence-corrected chi connectivity index (χ3v) is 3.39. The molecule has 104 valence electrons. The van der Waals surface area contributed by atoms with Gasteiger partial charge in [-0.3, -0.25) is 9.89 Å². The van der Waals surface area contributed by atoms with Gasteiger partial charge in [0, 0.05) is 11.9 Å². The SMILES string of the molecule is Cc1cccc(OC2CN(C(=O)Cc3ccn[nH]3)C2)c1. The predicted molar refractivity (Wildman–Crippen MR) is 74.5 cm³/mol. The summed E-state index contributed by atoms with van der Waals surface area (Å²) in [5.74, 6) is 0.981. The molecule has 0 unspecified atom stereocenters. The summed E-state index contributed by atoms with van der Waals surface area (Å²) in [5, 5.41) is 6.64. The number of nitrogens with zero attached hydrogens (tertiary/aromatic N) is 2. The molecule has 5 heteroatoms. The molecule has 3 rings (SSSR count). The fourth-order valence-electron chi connectivity index (χ4n) is 2.26. The van der Waals surface area contributed by atoms with Gasteiger partial charge in [0.05, 0.1) is 19.5 Å². The van der Waals surface area contributed by atoms with E-state index in [0.29, 0.717) is 19.5 Å². The summed E-state index contributed by atoms with van der Waals surface area (Å²) < 4.78 is 5.83. The second kappa shape index (κ2) is 5.36. The van der Waals surface area contributed by atoms with Crippen LogP contribution in [0.2, 0.25) is 0 Å². The van der Waals surface area contributed by atoms with Crippen molar-refractivity contribution in [1.82, 2.24) is 15.1 Å². The molecule has 20 heavy (non-hydrogen) atoms. The maximum atomic E-state index is 12.0. The first kappa shape index (κ1) is 12.7. The van der Waals surface area contributed by atoms with Crippen molar-refractivity contribution in [2.75, 3.05) is 13.1 Å². The summed E-state index contributed by atoms with van der Waals surface area (Å²) in [5.41, 5.74) is 2.02. The van der Waals surface area contributed by atoms with Crippen molar-refractivity contribution < 1.29 is 9.53 Å². The molecular formula is C15H17N3O2. The molecule has 1 saturated heterocycles. The normalized spacial score (nSPS) is 14.9. The van der Waals surface area contributed by atoms with E-state index in [4.69, 9.17) is 4.74 Å². The molecule has 1 aromatic carbocycles. The van der Waals surface area contributed by atoms with Gasteiger partial charge < -0.3 is 9.64 Å². The zero-order chi connectivity index (χ0) is 13.9. The molecular weight excluding hydrogens is 254 g/mol. The standard InChI is InChI=1S/C15H17N3O2/c1-11-3-2-4-13(7-11)20-14-9-18(10-14)15(19)8-12-5-6-16-17-12/h2-7,14H,8-10H2,1H3,(H,16,17). The lowest BCUT2D eigenvalue weighted by Gasteiger charge is -2.39. The fourth-order valence-corrected chi connectivity index (χ4v) is 2.26. The number of aryl methyl sites for hydroxylation is 1. The van der Waals surface area contributed by atoms with Gasteiger partial charge in [0.25, 0.3) is 0 Å². The number of aromatic amines is 1. The number of hydrogen-bond donors (Lipinski definition) is 1. The molecule has 1 aliphatic heterocycles. The van der Waals surface area contributed by atoms with E-state index in [1.54, 1.807) is 11.1 Å². The highest BCUT2D eigenvalue weighted by molar-refractivity contribution is 5.79. The van der Waals surface area contributed by atoms with Crippen molar-refractivity contribution in [3.63, 3.8) is 0 Å². The van der Waals surface area contributed by atoms with E-state index in [1.165, 1.54) is 5.56 Å². The van der Waals surface area contributed by atoms with Crippen LogP contribution in [0.3, 0.4) is 0 Å². The lowest BCUT2D eigenvalue weighted by Crippen LogP contribution is -2.56. The van der Waals surface area contributed by atoms with Crippen molar-refractivity contribution in [1.29, 1.82) is 0 Å². The van der Waals surface area contributed by atoms with Crippen LogP contribution < -0.4 is 4.74 Å². The molecule has 2 aromatic rings. The van der Waals surface area contributed by atoms with E-state index in [1.807, 2.05) is 37.3 Å². The number of H-pyrrole nitrogens is 1. The molecule has 0 spiro atoms. The lowest BCUT2D eigenvalue weighted by atomic mass is 10.1. The number of carbonyl (C=O) groups excluding carboxylic acids is 1. The van der Waals surface area contributed by atoms with Crippen molar-refractivity contribution >= 4 is 5.91 Å². The Morgan fingerprint density at radius 3 is 3.00 bits per heavy atom. The topological polar surface area (TPSA) is 58.2 Å². The Hall–Kier alpha value is -2.30. The molecule has 0 atom stereocenters. The number of ether oxygens (including phenoxy) is 1. The average molecular weight is 271 g/mol. The Kier molecular flexibility index (Phi) is 3.41. The number of aromatic nitrogens is 2. The zero-order valence-electron chi connectivity index (χ0n) is 11.4. The van der Waals surface area contributed by atoms with Gasteiger partial charge in [-0.2, -0.15) is 5.10 Å². The van der Waals surface area contributed by atoms with E-state index in [0.717, 1.165) is 11.4 Å². The Morgan fingerprint density at radius 1 is 1.45 bits per heavy atom. The van der Waals surface area contributed by atoms with Crippen LogP contribution in [0, 0.1) is 6.92 Å². The van der Waals surface area contributed by atoms with Crippen molar-refractivity contribution in [2.45, 2.75) is 19.4 Å². The smallest absolute Gasteiger partial charge is 0.228 e. The first-order chi connectivity index (χ1) is 9.70. The lowest BCUT2D eigenvalue weighted by molar-refractivity contribution is -0.139.